The molecule has 6 nitrogen and oxygen atoms in total. The van der Waals surface area contributed by atoms with Gasteiger partial charge < -0.3 is 4.42 Å². The van der Waals surface area contributed by atoms with Crippen molar-refractivity contribution in [1.82, 2.24) is 10.2 Å². The topological polar surface area (TPSA) is 83.0 Å². The highest BCUT2D eigenvalue weighted by Crippen LogP contribution is 2.24. The van der Waals surface area contributed by atoms with E-state index in [-0.39, 0.29) is 18.2 Å². The lowest BCUT2D eigenvalue weighted by atomic mass is 10.1. The fourth-order valence-electron chi connectivity index (χ4n) is 2.28. The number of thioether (sulfide) groups is 1. The van der Waals surface area contributed by atoms with Crippen molar-refractivity contribution >= 4 is 23.4 Å². The Labute approximate surface area is 155 Å². The molecule has 26 heavy (non-hydrogen) atoms. The number of nitrogens with zero attached hydrogens (tertiary/aromatic N) is 4. The van der Waals surface area contributed by atoms with Crippen LogP contribution < -0.4 is 4.90 Å². The first-order valence-corrected chi connectivity index (χ1v) is 8.91. The van der Waals surface area contributed by atoms with Gasteiger partial charge in [-0.05, 0) is 31.2 Å². The summed E-state index contributed by atoms with van der Waals surface area (Å²) in [4.78, 5) is 13.9. The number of hydrogen-bond donors (Lipinski definition) is 0. The Hall–Kier alpha value is -3.11. The number of benzene rings is 2. The molecule has 0 fully saturated rings. The molecule has 0 atom stereocenters. The lowest BCUT2D eigenvalue weighted by Crippen LogP contribution is -2.32. The number of aromatic nitrogens is 2. The van der Waals surface area contributed by atoms with Crippen LogP contribution in [0.25, 0.3) is 11.5 Å². The van der Waals surface area contributed by atoms with Crippen LogP contribution in [-0.4, -0.2) is 28.4 Å². The van der Waals surface area contributed by atoms with Gasteiger partial charge in [0, 0.05) is 11.3 Å². The van der Waals surface area contributed by atoms with Crippen molar-refractivity contribution in [1.29, 1.82) is 5.26 Å². The smallest absolute Gasteiger partial charge is 0.277 e. The lowest BCUT2D eigenvalue weighted by molar-refractivity contribution is -0.116. The van der Waals surface area contributed by atoms with E-state index in [0.29, 0.717) is 16.8 Å². The quantitative estimate of drug-likeness (QED) is 0.490. The highest BCUT2D eigenvalue weighted by molar-refractivity contribution is 7.99. The summed E-state index contributed by atoms with van der Waals surface area (Å²) in [5.74, 6) is 0.321. The zero-order valence-electron chi connectivity index (χ0n) is 14.1. The Morgan fingerprint density at radius 2 is 1.88 bits per heavy atom. The summed E-state index contributed by atoms with van der Waals surface area (Å²) in [7, 11) is 0. The monoisotopic (exact) mass is 364 g/mol. The van der Waals surface area contributed by atoms with Crippen molar-refractivity contribution < 1.29 is 9.21 Å². The predicted molar refractivity (Wildman–Crippen MR) is 99.6 cm³/mol. The van der Waals surface area contributed by atoms with E-state index in [1.54, 1.807) is 12.1 Å². The first-order chi connectivity index (χ1) is 12.7. The lowest BCUT2D eigenvalue weighted by Gasteiger charge is -2.18. The standard InChI is InChI=1S/C19H16N4O2S/c1-14-7-9-15(10-8-14)18-21-22-19(25-18)26-13-17(24)23(12-11-20)16-5-3-2-4-6-16/h2-10H,12-13H2,1H3. The van der Waals surface area contributed by atoms with Crippen LogP contribution in [0, 0.1) is 18.3 Å². The number of anilines is 1. The summed E-state index contributed by atoms with van der Waals surface area (Å²) >= 11 is 1.16. The summed E-state index contributed by atoms with van der Waals surface area (Å²) in [6.07, 6.45) is 0. The van der Waals surface area contributed by atoms with E-state index in [2.05, 4.69) is 10.2 Å². The van der Waals surface area contributed by atoms with Gasteiger partial charge in [0.2, 0.25) is 11.8 Å². The Bertz CT molecular complexity index is 917. The van der Waals surface area contributed by atoms with Crippen LogP contribution in [0.4, 0.5) is 5.69 Å². The maximum absolute atomic E-state index is 12.5. The van der Waals surface area contributed by atoms with Crippen LogP contribution in [0.3, 0.4) is 0 Å². The first kappa shape index (κ1) is 17.7. The molecule has 0 saturated heterocycles. The number of carbonyl (C=O) groups excluding carboxylic acids is 1. The Morgan fingerprint density at radius 3 is 2.58 bits per heavy atom. The van der Waals surface area contributed by atoms with Crippen LogP contribution in [0.2, 0.25) is 0 Å². The molecule has 0 aliphatic heterocycles. The van der Waals surface area contributed by atoms with Crippen LogP contribution in [0.15, 0.2) is 64.2 Å². The zero-order valence-corrected chi connectivity index (χ0v) is 14.9. The second kappa shape index (κ2) is 8.32. The molecule has 0 bridgehead atoms. The Morgan fingerprint density at radius 1 is 1.15 bits per heavy atom. The molecule has 0 radical (unpaired) electrons. The number of amides is 1. The minimum absolute atomic E-state index is 0.0120. The van der Waals surface area contributed by atoms with E-state index in [0.717, 1.165) is 22.9 Å². The molecule has 2 aromatic carbocycles. The molecule has 1 heterocycles. The van der Waals surface area contributed by atoms with E-state index in [9.17, 15) is 4.79 Å². The molecule has 1 aromatic heterocycles. The van der Waals surface area contributed by atoms with Gasteiger partial charge in [0.05, 0.1) is 11.8 Å². The van der Waals surface area contributed by atoms with Gasteiger partial charge in [0.15, 0.2) is 0 Å². The molecule has 0 aliphatic rings. The molecule has 0 spiro atoms. The molecule has 0 N–H and O–H groups in total. The van der Waals surface area contributed by atoms with Gasteiger partial charge in [0.25, 0.3) is 5.22 Å². The molecule has 130 valence electrons. The molecule has 7 heteroatoms. The van der Waals surface area contributed by atoms with Gasteiger partial charge >= 0.3 is 0 Å². The molecule has 3 rings (SSSR count). The molecule has 0 unspecified atom stereocenters. The number of nitriles is 1. The van der Waals surface area contributed by atoms with E-state index >= 15 is 0 Å². The normalized spacial score (nSPS) is 10.3. The van der Waals surface area contributed by atoms with Gasteiger partial charge in [0.1, 0.15) is 6.54 Å². The van der Waals surface area contributed by atoms with E-state index in [1.165, 1.54) is 4.90 Å². The molecular formula is C19H16N4O2S. The Balaban J connectivity index is 1.65. The molecule has 0 saturated carbocycles. The summed E-state index contributed by atoms with van der Waals surface area (Å²) < 4.78 is 5.61. The number of rotatable bonds is 6. The van der Waals surface area contributed by atoms with Gasteiger partial charge in [-0.1, -0.05) is 47.7 Å². The SMILES string of the molecule is Cc1ccc(-c2nnc(SCC(=O)N(CC#N)c3ccccc3)o2)cc1. The highest BCUT2D eigenvalue weighted by atomic mass is 32.2. The van der Waals surface area contributed by atoms with Crippen LogP contribution in [-0.2, 0) is 4.79 Å². The molecular weight excluding hydrogens is 348 g/mol. The maximum atomic E-state index is 12.5. The van der Waals surface area contributed by atoms with E-state index < -0.39 is 0 Å². The third kappa shape index (κ3) is 4.29. The van der Waals surface area contributed by atoms with Gasteiger partial charge in [-0.25, -0.2) is 0 Å². The minimum Gasteiger partial charge on any atom is -0.411 e. The van der Waals surface area contributed by atoms with E-state index in [1.807, 2.05) is 55.5 Å². The van der Waals surface area contributed by atoms with Gasteiger partial charge in [-0.2, -0.15) is 5.26 Å². The second-order valence-corrected chi connectivity index (χ2v) is 6.43. The average molecular weight is 364 g/mol. The second-order valence-electron chi connectivity index (χ2n) is 5.50. The largest absolute Gasteiger partial charge is 0.411 e. The number of aryl methyl sites for hydroxylation is 1. The van der Waals surface area contributed by atoms with Crippen molar-refractivity contribution in [3.05, 3.63) is 60.2 Å². The zero-order chi connectivity index (χ0) is 18.4. The van der Waals surface area contributed by atoms with Crippen LogP contribution in [0.5, 0.6) is 0 Å². The molecule has 3 aromatic rings. The number of para-hydroxylation sites is 1. The average Bonchev–Trinajstić information content (AvgIpc) is 3.14. The fraction of sp³-hybridized carbons (Fsp3) is 0.158. The fourth-order valence-corrected chi connectivity index (χ4v) is 2.92. The summed E-state index contributed by atoms with van der Waals surface area (Å²) in [5, 5.41) is 17.3. The van der Waals surface area contributed by atoms with Crippen LogP contribution in [0.1, 0.15) is 5.56 Å². The van der Waals surface area contributed by atoms with Gasteiger partial charge in [-0.15, -0.1) is 10.2 Å². The maximum Gasteiger partial charge on any atom is 0.277 e. The predicted octanol–water partition coefficient (Wildman–Crippen LogP) is 3.69. The van der Waals surface area contributed by atoms with Crippen LogP contribution >= 0.6 is 11.8 Å². The third-order valence-corrected chi connectivity index (χ3v) is 4.43. The number of carbonyl (C=O) groups is 1. The van der Waals surface area contributed by atoms with Crippen molar-refractivity contribution in [2.45, 2.75) is 12.1 Å². The summed E-state index contributed by atoms with van der Waals surface area (Å²) in [6, 6.07) is 18.9. The first-order valence-electron chi connectivity index (χ1n) is 7.93. The van der Waals surface area contributed by atoms with E-state index in [4.69, 9.17) is 9.68 Å². The van der Waals surface area contributed by atoms with Gasteiger partial charge in [-0.3, -0.25) is 9.69 Å². The highest BCUT2D eigenvalue weighted by Gasteiger charge is 2.17. The van der Waals surface area contributed by atoms with Crippen molar-refractivity contribution in [3.8, 4) is 17.5 Å². The molecule has 0 aliphatic carbocycles. The number of hydrogen-bond acceptors (Lipinski definition) is 6. The summed E-state index contributed by atoms with van der Waals surface area (Å²) in [6.45, 7) is 1.99. The minimum atomic E-state index is -0.196. The Kier molecular flexibility index (Phi) is 5.66. The van der Waals surface area contributed by atoms with Crippen molar-refractivity contribution in [2.24, 2.45) is 0 Å². The van der Waals surface area contributed by atoms with Crippen molar-refractivity contribution in [2.75, 3.05) is 17.2 Å². The summed E-state index contributed by atoms with van der Waals surface area (Å²) in [5.41, 5.74) is 2.66. The molecule has 1 amide bonds. The third-order valence-electron chi connectivity index (χ3n) is 3.62. The van der Waals surface area contributed by atoms with Crippen molar-refractivity contribution in [3.63, 3.8) is 0 Å².